The minimum atomic E-state index is 0.325. The Labute approximate surface area is 106 Å². The zero-order chi connectivity index (χ0) is 12.0. The Morgan fingerprint density at radius 3 is 2.82 bits per heavy atom. The molecule has 0 saturated heterocycles. The van der Waals surface area contributed by atoms with Crippen LogP contribution in [-0.4, -0.2) is 9.72 Å². The number of aromatic nitrogens is 2. The number of hydrogen-bond acceptors (Lipinski definition) is 3. The number of nitrogens with two attached hydrogens (primary N) is 1. The molecule has 0 amide bonds. The van der Waals surface area contributed by atoms with Gasteiger partial charge in [-0.15, -0.1) is 0 Å². The molecule has 0 spiro atoms. The van der Waals surface area contributed by atoms with Crippen LogP contribution in [0.3, 0.4) is 0 Å². The van der Waals surface area contributed by atoms with E-state index in [4.69, 9.17) is 10.3 Å². The van der Waals surface area contributed by atoms with Crippen molar-refractivity contribution >= 4 is 32.7 Å². The minimum Gasteiger partial charge on any atom is -0.368 e. The van der Waals surface area contributed by atoms with Gasteiger partial charge in [0.15, 0.2) is 0 Å². The van der Waals surface area contributed by atoms with E-state index in [0.717, 1.165) is 26.8 Å². The van der Waals surface area contributed by atoms with Gasteiger partial charge in [0.2, 0.25) is 5.88 Å². The van der Waals surface area contributed by atoms with Crippen molar-refractivity contribution in [2.75, 3.05) is 5.73 Å². The standard InChI is InChI=1S/C12H10BrN3O/c1-16-10-3-2-8(13)4-7(10)5-11(16)9-6-12(14)17-15-9/h2-6H,14H2,1H3. The van der Waals surface area contributed by atoms with Crippen LogP contribution in [0.15, 0.2) is 39.3 Å². The van der Waals surface area contributed by atoms with Crippen molar-refractivity contribution in [3.05, 3.63) is 34.8 Å². The van der Waals surface area contributed by atoms with Crippen LogP contribution in [0.1, 0.15) is 0 Å². The smallest absolute Gasteiger partial charge is 0.222 e. The van der Waals surface area contributed by atoms with Crippen LogP contribution in [0, 0.1) is 0 Å². The number of anilines is 1. The summed E-state index contributed by atoms with van der Waals surface area (Å²) in [4.78, 5) is 0. The van der Waals surface area contributed by atoms with Gasteiger partial charge >= 0.3 is 0 Å². The van der Waals surface area contributed by atoms with Gasteiger partial charge in [-0.05, 0) is 24.3 Å². The highest BCUT2D eigenvalue weighted by atomic mass is 79.9. The van der Waals surface area contributed by atoms with Gasteiger partial charge in [0.25, 0.3) is 0 Å². The van der Waals surface area contributed by atoms with Crippen LogP contribution in [0.25, 0.3) is 22.3 Å². The molecular weight excluding hydrogens is 282 g/mol. The lowest BCUT2D eigenvalue weighted by Gasteiger charge is -1.99. The molecule has 0 aliphatic rings. The maximum absolute atomic E-state index is 5.54. The fourth-order valence-corrected chi connectivity index (χ4v) is 2.35. The lowest BCUT2D eigenvalue weighted by molar-refractivity contribution is 0.439. The van der Waals surface area contributed by atoms with Crippen LogP contribution < -0.4 is 5.73 Å². The largest absolute Gasteiger partial charge is 0.368 e. The Morgan fingerprint density at radius 1 is 1.29 bits per heavy atom. The van der Waals surface area contributed by atoms with Gasteiger partial charge < -0.3 is 14.8 Å². The highest BCUT2D eigenvalue weighted by Crippen LogP contribution is 2.29. The zero-order valence-electron chi connectivity index (χ0n) is 9.14. The predicted octanol–water partition coefficient (Wildman–Crippen LogP) is 3.18. The Hall–Kier alpha value is -1.75. The summed E-state index contributed by atoms with van der Waals surface area (Å²) in [5.41, 5.74) is 8.41. The molecule has 17 heavy (non-hydrogen) atoms. The number of benzene rings is 1. The quantitative estimate of drug-likeness (QED) is 0.749. The first-order valence-corrected chi connectivity index (χ1v) is 5.92. The molecule has 2 N–H and O–H groups in total. The van der Waals surface area contributed by atoms with Crippen LogP contribution in [0.4, 0.5) is 5.88 Å². The first kappa shape index (κ1) is 10.4. The third kappa shape index (κ3) is 1.63. The Balaban J connectivity index is 2.27. The van der Waals surface area contributed by atoms with Gasteiger partial charge in [0, 0.05) is 28.5 Å². The van der Waals surface area contributed by atoms with Crippen molar-refractivity contribution in [3.8, 4) is 11.4 Å². The van der Waals surface area contributed by atoms with E-state index in [9.17, 15) is 0 Å². The monoisotopic (exact) mass is 291 g/mol. The molecule has 5 heteroatoms. The molecule has 3 rings (SSSR count). The number of hydrogen-bond donors (Lipinski definition) is 1. The summed E-state index contributed by atoms with van der Waals surface area (Å²) in [6.07, 6.45) is 0. The van der Waals surface area contributed by atoms with Crippen molar-refractivity contribution in [3.63, 3.8) is 0 Å². The molecule has 0 bridgehead atoms. The molecule has 4 nitrogen and oxygen atoms in total. The Kier molecular flexibility index (Phi) is 2.22. The molecule has 1 aromatic carbocycles. The van der Waals surface area contributed by atoms with E-state index in [1.165, 1.54) is 0 Å². The molecular formula is C12H10BrN3O. The molecule has 0 saturated carbocycles. The molecule has 0 fully saturated rings. The van der Waals surface area contributed by atoms with E-state index in [0.29, 0.717) is 5.88 Å². The maximum atomic E-state index is 5.54. The summed E-state index contributed by atoms with van der Waals surface area (Å²) in [5, 5.41) is 5.08. The third-order valence-corrected chi connectivity index (χ3v) is 3.29. The van der Waals surface area contributed by atoms with Crippen LogP contribution in [-0.2, 0) is 7.05 Å². The average Bonchev–Trinajstić information content (AvgIpc) is 2.83. The summed E-state index contributed by atoms with van der Waals surface area (Å²) in [6, 6.07) is 9.94. The van der Waals surface area contributed by atoms with E-state index in [2.05, 4.69) is 43.9 Å². The number of nitrogen functional groups attached to an aromatic ring is 1. The fraction of sp³-hybridized carbons (Fsp3) is 0.0833. The summed E-state index contributed by atoms with van der Waals surface area (Å²) in [6.45, 7) is 0. The zero-order valence-corrected chi connectivity index (χ0v) is 10.7. The molecule has 3 aromatic rings. The number of rotatable bonds is 1. The van der Waals surface area contributed by atoms with E-state index in [1.807, 2.05) is 13.1 Å². The van der Waals surface area contributed by atoms with E-state index >= 15 is 0 Å². The van der Waals surface area contributed by atoms with Gasteiger partial charge in [0.1, 0.15) is 5.69 Å². The number of fused-ring (bicyclic) bond motifs is 1. The fourth-order valence-electron chi connectivity index (χ4n) is 1.98. The molecule has 0 atom stereocenters. The van der Waals surface area contributed by atoms with Crippen LogP contribution in [0.2, 0.25) is 0 Å². The highest BCUT2D eigenvalue weighted by Gasteiger charge is 2.11. The Morgan fingerprint density at radius 2 is 2.12 bits per heavy atom. The lowest BCUT2D eigenvalue weighted by atomic mass is 10.2. The first-order valence-electron chi connectivity index (χ1n) is 5.13. The van der Waals surface area contributed by atoms with Gasteiger partial charge in [-0.2, -0.15) is 0 Å². The van der Waals surface area contributed by atoms with Crippen molar-refractivity contribution < 1.29 is 4.52 Å². The van der Waals surface area contributed by atoms with Gasteiger partial charge in [-0.3, -0.25) is 0 Å². The van der Waals surface area contributed by atoms with Crippen molar-refractivity contribution in [1.29, 1.82) is 0 Å². The predicted molar refractivity (Wildman–Crippen MR) is 70.5 cm³/mol. The normalized spacial score (nSPS) is 11.2. The summed E-state index contributed by atoms with van der Waals surface area (Å²) < 4.78 is 8.02. The van der Waals surface area contributed by atoms with Gasteiger partial charge in [0.05, 0.1) is 5.69 Å². The molecule has 0 radical (unpaired) electrons. The number of nitrogens with zero attached hydrogens (tertiary/aromatic N) is 2. The van der Waals surface area contributed by atoms with Crippen molar-refractivity contribution in [1.82, 2.24) is 9.72 Å². The maximum Gasteiger partial charge on any atom is 0.222 e. The first-order chi connectivity index (χ1) is 8.15. The second-order valence-corrected chi connectivity index (χ2v) is 4.82. The molecule has 0 unspecified atom stereocenters. The van der Waals surface area contributed by atoms with E-state index in [-0.39, 0.29) is 0 Å². The second kappa shape index (κ2) is 3.63. The number of aryl methyl sites for hydroxylation is 1. The Bertz CT molecular complexity index is 699. The summed E-state index contributed by atoms with van der Waals surface area (Å²) >= 11 is 3.46. The lowest BCUT2D eigenvalue weighted by Crippen LogP contribution is -1.90. The average molecular weight is 292 g/mol. The molecule has 0 aliphatic carbocycles. The molecule has 2 heterocycles. The minimum absolute atomic E-state index is 0.325. The second-order valence-electron chi connectivity index (χ2n) is 3.91. The molecule has 0 aliphatic heterocycles. The molecule has 2 aromatic heterocycles. The van der Waals surface area contributed by atoms with Crippen molar-refractivity contribution in [2.24, 2.45) is 7.05 Å². The number of halogens is 1. The highest BCUT2D eigenvalue weighted by molar-refractivity contribution is 9.10. The van der Waals surface area contributed by atoms with Crippen LogP contribution in [0.5, 0.6) is 0 Å². The van der Waals surface area contributed by atoms with Crippen molar-refractivity contribution in [2.45, 2.75) is 0 Å². The molecule has 86 valence electrons. The topological polar surface area (TPSA) is 57.0 Å². The third-order valence-electron chi connectivity index (χ3n) is 2.80. The SMILES string of the molecule is Cn1c(-c2cc(N)on2)cc2cc(Br)ccc21. The summed E-state index contributed by atoms with van der Waals surface area (Å²) in [7, 11) is 2.00. The van der Waals surface area contributed by atoms with Gasteiger partial charge in [-0.25, -0.2) is 0 Å². The summed E-state index contributed by atoms with van der Waals surface area (Å²) in [5.74, 6) is 0.325. The van der Waals surface area contributed by atoms with Crippen LogP contribution >= 0.6 is 15.9 Å². The van der Waals surface area contributed by atoms with Gasteiger partial charge in [-0.1, -0.05) is 21.1 Å². The van der Waals surface area contributed by atoms with E-state index in [1.54, 1.807) is 6.07 Å². The van der Waals surface area contributed by atoms with E-state index < -0.39 is 0 Å².